The largest absolute Gasteiger partial charge is 0.459 e. The molecule has 172 valence electrons. The summed E-state index contributed by atoms with van der Waals surface area (Å²) in [5.74, 6) is -2.10. The molecule has 1 aliphatic carbocycles. The Bertz CT molecular complexity index is 936. The molecule has 32 heavy (non-hydrogen) atoms. The van der Waals surface area contributed by atoms with Gasteiger partial charge in [-0.15, -0.1) is 0 Å². The molecule has 0 bridgehead atoms. The predicted molar refractivity (Wildman–Crippen MR) is 117 cm³/mol. The quantitative estimate of drug-likeness (QED) is 0.223. The lowest BCUT2D eigenvalue weighted by Gasteiger charge is -2.28. The van der Waals surface area contributed by atoms with Crippen LogP contribution in [0.5, 0.6) is 5.75 Å². The van der Waals surface area contributed by atoms with Crippen LogP contribution in [0.2, 0.25) is 0 Å². The van der Waals surface area contributed by atoms with Gasteiger partial charge in [-0.05, 0) is 66.8 Å². The molecule has 1 aliphatic rings. The van der Waals surface area contributed by atoms with E-state index in [1.165, 1.54) is 37.8 Å². The van der Waals surface area contributed by atoms with E-state index in [9.17, 15) is 22.0 Å². The minimum absolute atomic E-state index is 0.155. The summed E-state index contributed by atoms with van der Waals surface area (Å²) in [5.41, 5.74) is 1.46. The Morgan fingerprint density at radius 2 is 1.62 bits per heavy atom. The maximum Gasteiger partial charge on any atom is 0.260 e. The third-order valence-electron chi connectivity index (χ3n) is 5.93. The Labute approximate surface area is 185 Å². The van der Waals surface area contributed by atoms with E-state index in [1.54, 1.807) is 12.1 Å². The minimum Gasteiger partial charge on any atom is -0.459 e. The van der Waals surface area contributed by atoms with Crippen LogP contribution in [0, 0.1) is 23.4 Å². The van der Waals surface area contributed by atoms with Gasteiger partial charge in [0.15, 0.2) is 17.4 Å². The van der Waals surface area contributed by atoms with Gasteiger partial charge in [0.25, 0.3) is 6.43 Å². The van der Waals surface area contributed by atoms with Crippen molar-refractivity contribution in [2.24, 2.45) is 5.92 Å². The molecule has 0 atom stereocenters. The molecule has 1 nitrogen and oxygen atoms in total. The zero-order chi connectivity index (χ0) is 23.1. The summed E-state index contributed by atoms with van der Waals surface area (Å²) in [6.07, 6.45) is 7.90. The molecule has 1 fully saturated rings. The fourth-order valence-electron chi connectivity index (χ4n) is 4.27. The van der Waals surface area contributed by atoms with Gasteiger partial charge in [-0.1, -0.05) is 44.1 Å². The summed E-state index contributed by atoms with van der Waals surface area (Å²) >= 11 is 0. The zero-order valence-corrected chi connectivity index (χ0v) is 18.0. The van der Waals surface area contributed by atoms with Crippen molar-refractivity contribution in [2.75, 3.05) is 0 Å². The molecular weight excluding hydrogens is 423 g/mol. The van der Waals surface area contributed by atoms with Crippen molar-refractivity contribution in [1.29, 1.82) is 0 Å². The zero-order valence-electron chi connectivity index (χ0n) is 18.0. The highest BCUT2D eigenvalue weighted by Gasteiger charge is 2.22. The van der Waals surface area contributed by atoms with Gasteiger partial charge in [0.2, 0.25) is 0 Å². The maximum atomic E-state index is 14.6. The number of alkyl halides is 2. The lowest BCUT2D eigenvalue weighted by molar-refractivity contribution is 0.200. The van der Waals surface area contributed by atoms with Crippen molar-refractivity contribution in [3.05, 3.63) is 76.8 Å². The molecule has 0 aliphatic heterocycles. The van der Waals surface area contributed by atoms with E-state index in [0.717, 1.165) is 36.5 Å². The highest BCUT2D eigenvalue weighted by Crippen LogP contribution is 2.38. The van der Waals surface area contributed by atoms with Gasteiger partial charge in [-0.3, -0.25) is 0 Å². The van der Waals surface area contributed by atoms with Crippen LogP contribution in [-0.4, -0.2) is 6.43 Å². The molecule has 0 heterocycles. The summed E-state index contributed by atoms with van der Waals surface area (Å²) in [5, 5.41) is 0. The van der Waals surface area contributed by atoms with Crippen LogP contribution in [-0.2, 0) is 0 Å². The highest BCUT2D eigenvalue weighted by molar-refractivity contribution is 5.70. The summed E-state index contributed by atoms with van der Waals surface area (Å²) < 4.78 is 71.6. The Balaban J connectivity index is 1.67. The van der Waals surface area contributed by atoms with Crippen LogP contribution in [0.4, 0.5) is 22.0 Å². The van der Waals surface area contributed by atoms with Crippen molar-refractivity contribution in [2.45, 2.75) is 57.8 Å². The summed E-state index contributed by atoms with van der Waals surface area (Å²) in [6, 6.07) is 7.13. The summed E-state index contributed by atoms with van der Waals surface area (Å²) in [7, 11) is 0. The molecule has 1 saturated carbocycles. The van der Waals surface area contributed by atoms with Crippen LogP contribution < -0.4 is 4.74 Å². The third kappa shape index (κ3) is 6.44. The minimum atomic E-state index is -2.79. The number of ether oxygens (including phenoxy) is 1. The van der Waals surface area contributed by atoms with Crippen molar-refractivity contribution >= 4 is 12.2 Å². The normalized spacial score (nSPS) is 19.3. The van der Waals surface area contributed by atoms with Gasteiger partial charge >= 0.3 is 0 Å². The lowest BCUT2D eigenvalue weighted by atomic mass is 9.77. The first-order valence-electron chi connectivity index (χ1n) is 11.0. The van der Waals surface area contributed by atoms with E-state index in [0.29, 0.717) is 23.8 Å². The number of rotatable bonds is 8. The number of benzene rings is 2. The smallest absolute Gasteiger partial charge is 0.260 e. The number of hydrogen-bond acceptors (Lipinski definition) is 1. The van der Waals surface area contributed by atoms with Crippen LogP contribution in [0.1, 0.15) is 68.1 Å². The fraction of sp³-hybridized carbons (Fsp3) is 0.385. The van der Waals surface area contributed by atoms with Gasteiger partial charge in [0.05, 0.1) is 6.26 Å². The van der Waals surface area contributed by atoms with Crippen molar-refractivity contribution < 1.29 is 26.7 Å². The van der Waals surface area contributed by atoms with Crippen molar-refractivity contribution in [3.63, 3.8) is 0 Å². The molecule has 0 amide bonds. The lowest BCUT2D eigenvalue weighted by Crippen LogP contribution is -2.13. The summed E-state index contributed by atoms with van der Waals surface area (Å²) in [6.45, 7) is 2.20. The van der Waals surface area contributed by atoms with Crippen molar-refractivity contribution in [1.82, 2.24) is 0 Å². The van der Waals surface area contributed by atoms with Crippen LogP contribution in [0.3, 0.4) is 0 Å². The van der Waals surface area contributed by atoms with Gasteiger partial charge < -0.3 is 4.74 Å². The number of hydrogen-bond donors (Lipinski definition) is 0. The average molecular weight is 450 g/mol. The second-order valence-corrected chi connectivity index (χ2v) is 8.22. The molecule has 0 N–H and O–H groups in total. The molecule has 0 radical (unpaired) electrons. The van der Waals surface area contributed by atoms with Crippen LogP contribution in [0.15, 0.2) is 42.7 Å². The Kier molecular flexibility index (Phi) is 8.48. The first kappa shape index (κ1) is 24.0. The molecule has 3 rings (SSSR count). The van der Waals surface area contributed by atoms with E-state index in [2.05, 4.69) is 11.7 Å². The maximum absolute atomic E-state index is 14.6. The number of halogens is 5. The number of allylic oxidation sites excluding steroid dienone is 1. The first-order valence-corrected chi connectivity index (χ1v) is 11.0. The van der Waals surface area contributed by atoms with E-state index in [-0.39, 0.29) is 11.4 Å². The molecule has 0 unspecified atom stereocenters. The second kappa shape index (κ2) is 11.3. The van der Waals surface area contributed by atoms with E-state index in [4.69, 9.17) is 0 Å². The van der Waals surface area contributed by atoms with Gasteiger partial charge in [0, 0.05) is 11.6 Å². The molecule has 0 saturated heterocycles. The monoisotopic (exact) mass is 450 g/mol. The topological polar surface area (TPSA) is 9.23 Å². The SMILES string of the molecule is CCCC1CCC(c2ccc(/C=C/c3cc(F)c(O/C=C/C(F)F)c(F)c3)c(F)c2)CC1. The van der Waals surface area contributed by atoms with Gasteiger partial charge in [-0.2, -0.15) is 0 Å². The molecule has 6 heteroatoms. The first-order chi connectivity index (χ1) is 15.4. The molecular formula is C26H27F5O. The highest BCUT2D eigenvalue weighted by atomic mass is 19.3. The Morgan fingerprint density at radius 1 is 0.938 bits per heavy atom. The second-order valence-electron chi connectivity index (χ2n) is 8.22. The average Bonchev–Trinajstić information content (AvgIpc) is 2.75. The van der Waals surface area contributed by atoms with E-state index < -0.39 is 23.8 Å². The van der Waals surface area contributed by atoms with Crippen LogP contribution >= 0.6 is 0 Å². The predicted octanol–water partition coefficient (Wildman–Crippen LogP) is 8.51. The van der Waals surface area contributed by atoms with Gasteiger partial charge in [-0.25, -0.2) is 22.0 Å². The standard InChI is InChI=1S/C26H27F5O/c1-2-3-17-4-7-19(8-5-17)21-11-10-20(22(27)16-21)9-6-18-14-23(28)26(24(29)15-18)32-13-12-25(30)31/h6,9-17,19,25H,2-5,7-8H2,1H3/b9-6+,13-12+. The van der Waals surface area contributed by atoms with Crippen molar-refractivity contribution in [3.8, 4) is 5.75 Å². The van der Waals surface area contributed by atoms with Crippen LogP contribution in [0.25, 0.3) is 12.2 Å². The molecule has 2 aromatic rings. The van der Waals surface area contributed by atoms with E-state index in [1.807, 2.05) is 6.07 Å². The van der Waals surface area contributed by atoms with Gasteiger partial charge in [0.1, 0.15) is 5.82 Å². The molecule has 0 spiro atoms. The Hall–Kier alpha value is -2.63. The van der Waals surface area contributed by atoms with E-state index >= 15 is 0 Å². The molecule has 0 aromatic heterocycles. The third-order valence-corrected chi connectivity index (χ3v) is 5.93. The summed E-state index contributed by atoms with van der Waals surface area (Å²) in [4.78, 5) is 0. The fourth-order valence-corrected chi connectivity index (χ4v) is 4.27. The Morgan fingerprint density at radius 3 is 2.22 bits per heavy atom. The molecule has 2 aromatic carbocycles.